The van der Waals surface area contributed by atoms with Gasteiger partial charge in [-0.15, -0.1) is 0 Å². The highest BCUT2D eigenvalue weighted by Crippen LogP contribution is 2.19. The van der Waals surface area contributed by atoms with Crippen LogP contribution < -0.4 is 20.9 Å². The number of nitrogens with one attached hydrogen (secondary N) is 3. The van der Waals surface area contributed by atoms with Crippen molar-refractivity contribution < 1.29 is 14.4 Å². The molecule has 4 aromatic carbocycles. The first kappa shape index (κ1) is 27.1. The Morgan fingerprint density at radius 2 is 1.36 bits per heavy atom. The van der Waals surface area contributed by atoms with Gasteiger partial charge in [-0.1, -0.05) is 60.7 Å². The van der Waals surface area contributed by atoms with E-state index in [2.05, 4.69) is 16.0 Å². The lowest BCUT2D eigenvalue weighted by atomic mass is 10.1. The number of carbonyl (C=O) groups is 3. The largest absolute Gasteiger partial charge is 0.376 e. The second-order valence-corrected chi connectivity index (χ2v) is 9.05. The van der Waals surface area contributed by atoms with Gasteiger partial charge in [0.05, 0.1) is 12.6 Å². The number of amides is 3. The SMILES string of the molecule is CCN(C(=O)c1cccc(NC(=O)CNc2cccc(C(=O)NC(C)c3ccccc3)c2)c1)c1ccccc1. The molecule has 3 amide bonds. The van der Waals surface area contributed by atoms with E-state index in [0.29, 0.717) is 29.0 Å². The number of para-hydroxylation sites is 1. The second-order valence-electron chi connectivity index (χ2n) is 9.05. The summed E-state index contributed by atoms with van der Waals surface area (Å²) in [6, 6.07) is 33.0. The smallest absolute Gasteiger partial charge is 0.258 e. The Kier molecular flexibility index (Phi) is 9.08. The maximum atomic E-state index is 13.1. The average Bonchev–Trinajstić information content (AvgIpc) is 2.97. The molecule has 0 spiro atoms. The Bertz CT molecular complexity index is 1420. The first-order valence-electron chi connectivity index (χ1n) is 12.9. The van der Waals surface area contributed by atoms with E-state index >= 15 is 0 Å². The molecule has 0 aromatic heterocycles. The van der Waals surface area contributed by atoms with E-state index in [9.17, 15) is 14.4 Å². The van der Waals surface area contributed by atoms with Gasteiger partial charge in [-0.2, -0.15) is 0 Å². The number of hydrogen-bond donors (Lipinski definition) is 3. The zero-order chi connectivity index (χ0) is 27.6. The van der Waals surface area contributed by atoms with E-state index in [4.69, 9.17) is 0 Å². The highest BCUT2D eigenvalue weighted by atomic mass is 16.2. The Morgan fingerprint density at radius 3 is 2.05 bits per heavy atom. The molecule has 39 heavy (non-hydrogen) atoms. The summed E-state index contributed by atoms with van der Waals surface area (Å²) in [4.78, 5) is 40.2. The van der Waals surface area contributed by atoms with Crippen LogP contribution in [0.4, 0.5) is 17.1 Å². The molecular weight excluding hydrogens is 488 g/mol. The number of anilines is 3. The van der Waals surface area contributed by atoms with Gasteiger partial charge < -0.3 is 20.9 Å². The summed E-state index contributed by atoms with van der Waals surface area (Å²) in [6.07, 6.45) is 0. The van der Waals surface area contributed by atoms with Gasteiger partial charge in [0.2, 0.25) is 5.91 Å². The zero-order valence-corrected chi connectivity index (χ0v) is 22.1. The van der Waals surface area contributed by atoms with Crippen molar-refractivity contribution in [3.05, 3.63) is 126 Å². The number of nitrogens with zero attached hydrogens (tertiary/aromatic N) is 1. The van der Waals surface area contributed by atoms with Crippen LogP contribution in [-0.4, -0.2) is 30.8 Å². The number of carbonyl (C=O) groups excluding carboxylic acids is 3. The molecule has 0 aliphatic carbocycles. The van der Waals surface area contributed by atoms with Crippen LogP contribution in [0.15, 0.2) is 109 Å². The summed E-state index contributed by atoms with van der Waals surface area (Å²) in [7, 11) is 0. The van der Waals surface area contributed by atoms with Crippen molar-refractivity contribution in [2.75, 3.05) is 28.6 Å². The van der Waals surface area contributed by atoms with E-state index in [1.807, 2.05) is 74.5 Å². The molecule has 0 fully saturated rings. The molecule has 3 N–H and O–H groups in total. The van der Waals surface area contributed by atoms with Gasteiger partial charge in [0.15, 0.2) is 0 Å². The monoisotopic (exact) mass is 520 g/mol. The molecule has 0 bridgehead atoms. The third-order valence-corrected chi connectivity index (χ3v) is 6.25. The Morgan fingerprint density at radius 1 is 0.744 bits per heavy atom. The summed E-state index contributed by atoms with van der Waals surface area (Å²) >= 11 is 0. The lowest BCUT2D eigenvalue weighted by molar-refractivity contribution is -0.114. The third-order valence-electron chi connectivity index (χ3n) is 6.25. The quantitative estimate of drug-likeness (QED) is 0.243. The fourth-order valence-electron chi connectivity index (χ4n) is 4.20. The van der Waals surface area contributed by atoms with Gasteiger partial charge in [0.1, 0.15) is 0 Å². The predicted molar refractivity (Wildman–Crippen MR) is 156 cm³/mol. The van der Waals surface area contributed by atoms with Crippen molar-refractivity contribution in [1.82, 2.24) is 5.32 Å². The van der Waals surface area contributed by atoms with Crippen LogP contribution >= 0.6 is 0 Å². The minimum absolute atomic E-state index is 0.00519. The van der Waals surface area contributed by atoms with Crippen LogP contribution in [0.2, 0.25) is 0 Å². The number of benzene rings is 4. The van der Waals surface area contributed by atoms with Crippen molar-refractivity contribution in [2.24, 2.45) is 0 Å². The molecule has 4 aromatic rings. The lowest BCUT2D eigenvalue weighted by Gasteiger charge is -2.21. The van der Waals surface area contributed by atoms with Crippen molar-refractivity contribution in [3.8, 4) is 0 Å². The standard InChI is InChI=1S/C32H32N4O3/c1-3-36(29-18-8-5-9-19-29)32(39)26-15-11-17-28(21-26)35-30(37)22-33-27-16-10-14-25(20-27)31(38)34-23(2)24-12-6-4-7-13-24/h4-21,23,33H,3,22H2,1-2H3,(H,34,38)(H,35,37). The summed E-state index contributed by atoms with van der Waals surface area (Å²) in [5.74, 6) is -0.616. The van der Waals surface area contributed by atoms with Gasteiger partial charge in [0, 0.05) is 34.7 Å². The molecule has 0 radical (unpaired) electrons. The molecule has 7 nitrogen and oxygen atoms in total. The Hall–Kier alpha value is -4.91. The van der Waals surface area contributed by atoms with Gasteiger partial charge in [-0.25, -0.2) is 0 Å². The van der Waals surface area contributed by atoms with Crippen LogP contribution in [-0.2, 0) is 4.79 Å². The topological polar surface area (TPSA) is 90.5 Å². The molecule has 0 aliphatic rings. The van der Waals surface area contributed by atoms with Gasteiger partial charge >= 0.3 is 0 Å². The van der Waals surface area contributed by atoms with E-state index < -0.39 is 0 Å². The van der Waals surface area contributed by atoms with Gasteiger partial charge in [-0.05, 0) is 67.9 Å². The molecule has 0 saturated carbocycles. The van der Waals surface area contributed by atoms with E-state index in [0.717, 1.165) is 11.3 Å². The zero-order valence-electron chi connectivity index (χ0n) is 22.1. The van der Waals surface area contributed by atoms with E-state index in [1.165, 1.54) is 0 Å². The van der Waals surface area contributed by atoms with Crippen LogP contribution in [0.3, 0.4) is 0 Å². The minimum Gasteiger partial charge on any atom is -0.376 e. The van der Waals surface area contributed by atoms with Crippen LogP contribution in [0.1, 0.15) is 46.2 Å². The van der Waals surface area contributed by atoms with Crippen LogP contribution in [0.5, 0.6) is 0 Å². The van der Waals surface area contributed by atoms with Crippen molar-refractivity contribution in [3.63, 3.8) is 0 Å². The maximum absolute atomic E-state index is 13.1. The Labute approximate surface area is 228 Å². The first-order chi connectivity index (χ1) is 18.9. The van der Waals surface area contributed by atoms with Crippen molar-refractivity contribution in [1.29, 1.82) is 0 Å². The van der Waals surface area contributed by atoms with Crippen LogP contribution in [0.25, 0.3) is 0 Å². The molecule has 0 heterocycles. The molecular formula is C32H32N4O3. The summed E-state index contributed by atoms with van der Waals surface area (Å²) in [6.45, 7) is 4.37. The summed E-state index contributed by atoms with van der Waals surface area (Å²) in [5.41, 5.74) is 3.98. The third kappa shape index (κ3) is 7.32. The highest BCUT2D eigenvalue weighted by Gasteiger charge is 2.17. The van der Waals surface area contributed by atoms with Gasteiger partial charge in [0.25, 0.3) is 11.8 Å². The first-order valence-corrected chi connectivity index (χ1v) is 12.9. The second kappa shape index (κ2) is 13.1. The highest BCUT2D eigenvalue weighted by molar-refractivity contribution is 6.07. The van der Waals surface area contributed by atoms with Crippen molar-refractivity contribution in [2.45, 2.75) is 19.9 Å². The molecule has 1 atom stereocenters. The molecule has 198 valence electrons. The fourth-order valence-corrected chi connectivity index (χ4v) is 4.20. The fraction of sp³-hybridized carbons (Fsp3) is 0.156. The number of hydrogen-bond acceptors (Lipinski definition) is 4. The van der Waals surface area contributed by atoms with Crippen LogP contribution in [0, 0.1) is 0 Å². The molecule has 0 saturated heterocycles. The number of rotatable bonds is 10. The van der Waals surface area contributed by atoms with Gasteiger partial charge in [-0.3, -0.25) is 14.4 Å². The maximum Gasteiger partial charge on any atom is 0.258 e. The van der Waals surface area contributed by atoms with E-state index in [-0.39, 0.29) is 30.3 Å². The summed E-state index contributed by atoms with van der Waals surface area (Å²) < 4.78 is 0. The molecule has 0 aliphatic heterocycles. The van der Waals surface area contributed by atoms with Crippen molar-refractivity contribution >= 4 is 34.8 Å². The van der Waals surface area contributed by atoms with E-state index in [1.54, 1.807) is 53.4 Å². The summed E-state index contributed by atoms with van der Waals surface area (Å²) in [5, 5.41) is 8.90. The lowest BCUT2D eigenvalue weighted by Crippen LogP contribution is -2.30. The molecule has 4 rings (SSSR count). The normalized spacial score (nSPS) is 11.2. The average molecular weight is 521 g/mol. The molecule has 1 unspecified atom stereocenters. The Balaban J connectivity index is 1.34. The molecule has 7 heteroatoms. The predicted octanol–water partition coefficient (Wildman–Crippen LogP) is 5.89. The minimum atomic E-state index is -0.275.